The van der Waals surface area contributed by atoms with E-state index in [0.717, 1.165) is 19.4 Å². The number of carbonyl (C=O) groups excluding carboxylic acids is 1. The van der Waals surface area contributed by atoms with E-state index in [1.807, 2.05) is 0 Å². The highest BCUT2D eigenvalue weighted by Crippen LogP contribution is 2.26. The molecule has 2 heteroatoms. The lowest BCUT2D eigenvalue weighted by Crippen LogP contribution is -2.26. The first kappa shape index (κ1) is 11.7. The zero-order valence-corrected chi connectivity index (χ0v) is 9.80. The summed E-state index contributed by atoms with van der Waals surface area (Å²) in [5.41, 5.74) is 0.248. The third-order valence-electron chi connectivity index (χ3n) is 2.83. The second kappa shape index (κ2) is 4.43. The molecule has 1 heterocycles. The van der Waals surface area contributed by atoms with Gasteiger partial charge in [-0.05, 0) is 24.2 Å². The number of ketones is 1. The summed E-state index contributed by atoms with van der Waals surface area (Å²) < 4.78 is 5.44. The van der Waals surface area contributed by atoms with Crippen LogP contribution in [0, 0.1) is 11.3 Å². The number of rotatable bonds is 3. The quantitative estimate of drug-likeness (QED) is 0.697. The van der Waals surface area contributed by atoms with Gasteiger partial charge in [-0.3, -0.25) is 4.79 Å². The molecule has 2 atom stereocenters. The van der Waals surface area contributed by atoms with Crippen LogP contribution in [0.5, 0.6) is 0 Å². The molecule has 14 heavy (non-hydrogen) atoms. The van der Waals surface area contributed by atoms with Crippen LogP contribution in [-0.2, 0) is 9.53 Å². The Balaban J connectivity index is 2.35. The van der Waals surface area contributed by atoms with Crippen molar-refractivity contribution in [1.82, 2.24) is 0 Å². The van der Waals surface area contributed by atoms with Crippen LogP contribution >= 0.6 is 0 Å². The second-order valence-corrected chi connectivity index (χ2v) is 5.58. The molecule has 0 radical (unpaired) electrons. The van der Waals surface area contributed by atoms with Gasteiger partial charge in [0.15, 0.2) is 5.78 Å². The average molecular weight is 198 g/mol. The lowest BCUT2D eigenvalue weighted by Gasteiger charge is -2.19. The van der Waals surface area contributed by atoms with Crippen molar-refractivity contribution in [3.63, 3.8) is 0 Å². The van der Waals surface area contributed by atoms with Crippen LogP contribution in [0.2, 0.25) is 0 Å². The van der Waals surface area contributed by atoms with Crippen LogP contribution in [0.15, 0.2) is 0 Å². The van der Waals surface area contributed by atoms with Crippen molar-refractivity contribution >= 4 is 5.78 Å². The van der Waals surface area contributed by atoms with Crippen LogP contribution in [0.1, 0.15) is 47.0 Å². The molecule has 0 aliphatic carbocycles. The van der Waals surface area contributed by atoms with Crippen molar-refractivity contribution < 1.29 is 9.53 Å². The van der Waals surface area contributed by atoms with Crippen LogP contribution < -0.4 is 0 Å². The highest BCUT2D eigenvalue weighted by molar-refractivity contribution is 5.83. The van der Waals surface area contributed by atoms with Crippen molar-refractivity contribution in [2.24, 2.45) is 11.3 Å². The number of hydrogen-bond donors (Lipinski definition) is 0. The molecule has 0 spiro atoms. The Labute approximate surface area is 87.0 Å². The topological polar surface area (TPSA) is 26.3 Å². The zero-order chi connectivity index (χ0) is 10.8. The van der Waals surface area contributed by atoms with Crippen molar-refractivity contribution in [2.45, 2.75) is 53.1 Å². The van der Waals surface area contributed by atoms with Gasteiger partial charge in [0.05, 0.1) is 0 Å². The molecule has 1 fully saturated rings. The summed E-state index contributed by atoms with van der Waals surface area (Å²) in [6, 6.07) is 0. The fourth-order valence-electron chi connectivity index (χ4n) is 1.75. The summed E-state index contributed by atoms with van der Waals surface area (Å²) in [6.07, 6.45) is 2.54. The van der Waals surface area contributed by atoms with Gasteiger partial charge < -0.3 is 4.74 Å². The van der Waals surface area contributed by atoms with E-state index in [2.05, 4.69) is 27.7 Å². The molecule has 0 saturated carbocycles. The van der Waals surface area contributed by atoms with E-state index < -0.39 is 0 Å². The predicted molar refractivity (Wildman–Crippen MR) is 57.2 cm³/mol. The Bertz CT molecular complexity index is 203. The van der Waals surface area contributed by atoms with Crippen LogP contribution in [0.25, 0.3) is 0 Å². The van der Waals surface area contributed by atoms with E-state index in [-0.39, 0.29) is 11.5 Å². The molecular formula is C12H22O2. The van der Waals surface area contributed by atoms with Gasteiger partial charge >= 0.3 is 0 Å². The highest BCUT2D eigenvalue weighted by Gasteiger charge is 2.30. The standard InChI is InChI=1S/C12H22O2/c1-9-6-8-14-11(9)10(13)5-7-12(2,3)4/h9,11H,5-8H2,1-4H3. The van der Waals surface area contributed by atoms with E-state index in [1.54, 1.807) is 0 Å². The van der Waals surface area contributed by atoms with Gasteiger partial charge in [0.2, 0.25) is 0 Å². The Kier molecular flexibility index (Phi) is 3.71. The zero-order valence-electron chi connectivity index (χ0n) is 9.80. The molecular weight excluding hydrogens is 176 g/mol. The lowest BCUT2D eigenvalue weighted by molar-refractivity contribution is -0.129. The maximum atomic E-state index is 11.8. The maximum absolute atomic E-state index is 11.8. The smallest absolute Gasteiger partial charge is 0.161 e. The molecule has 1 rings (SSSR count). The molecule has 0 bridgehead atoms. The normalized spacial score (nSPS) is 28.0. The fraction of sp³-hybridized carbons (Fsp3) is 0.917. The van der Waals surface area contributed by atoms with Gasteiger partial charge in [-0.1, -0.05) is 27.7 Å². The minimum absolute atomic E-state index is 0.114. The fourth-order valence-corrected chi connectivity index (χ4v) is 1.75. The Hall–Kier alpha value is -0.370. The number of Topliss-reactive ketones (excluding diaryl/α,β-unsaturated/α-hetero) is 1. The van der Waals surface area contributed by atoms with Crippen molar-refractivity contribution in [2.75, 3.05) is 6.61 Å². The van der Waals surface area contributed by atoms with Crippen molar-refractivity contribution in [3.05, 3.63) is 0 Å². The molecule has 82 valence electrons. The van der Waals surface area contributed by atoms with E-state index in [4.69, 9.17) is 4.74 Å². The molecule has 0 N–H and O–H groups in total. The SMILES string of the molecule is CC1CCOC1C(=O)CCC(C)(C)C. The molecule has 1 aliphatic heterocycles. The summed E-state index contributed by atoms with van der Waals surface area (Å²) in [6.45, 7) is 9.36. The lowest BCUT2D eigenvalue weighted by atomic mass is 9.87. The summed E-state index contributed by atoms with van der Waals surface area (Å²) >= 11 is 0. The Morgan fingerprint density at radius 2 is 2.07 bits per heavy atom. The van der Waals surface area contributed by atoms with Gasteiger partial charge in [-0.2, -0.15) is 0 Å². The van der Waals surface area contributed by atoms with Crippen LogP contribution in [0.3, 0.4) is 0 Å². The monoisotopic (exact) mass is 198 g/mol. The summed E-state index contributed by atoms with van der Waals surface area (Å²) in [5, 5.41) is 0. The first-order valence-electron chi connectivity index (χ1n) is 5.54. The minimum atomic E-state index is -0.114. The Morgan fingerprint density at radius 1 is 1.43 bits per heavy atom. The molecule has 0 aromatic carbocycles. The highest BCUT2D eigenvalue weighted by atomic mass is 16.5. The van der Waals surface area contributed by atoms with Crippen molar-refractivity contribution in [3.8, 4) is 0 Å². The number of hydrogen-bond acceptors (Lipinski definition) is 2. The molecule has 0 amide bonds. The molecule has 2 unspecified atom stereocenters. The predicted octanol–water partition coefficient (Wildman–Crippen LogP) is 2.81. The van der Waals surface area contributed by atoms with Gasteiger partial charge in [-0.15, -0.1) is 0 Å². The van der Waals surface area contributed by atoms with Crippen molar-refractivity contribution in [1.29, 1.82) is 0 Å². The van der Waals surface area contributed by atoms with E-state index in [1.165, 1.54) is 0 Å². The second-order valence-electron chi connectivity index (χ2n) is 5.58. The molecule has 0 aromatic heterocycles. The maximum Gasteiger partial charge on any atom is 0.161 e. The minimum Gasteiger partial charge on any atom is -0.370 e. The molecule has 0 aromatic rings. The summed E-state index contributed by atoms with van der Waals surface area (Å²) in [5.74, 6) is 0.715. The van der Waals surface area contributed by atoms with Gasteiger partial charge in [0.1, 0.15) is 6.10 Å². The number of ether oxygens (including phenoxy) is 1. The van der Waals surface area contributed by atoms with Gasteiger partial charge in [-0.25, -0.2) is 0 Å². The van der Waals surface area contributed by atoms with Gasteiger partial charge in [0.25, 0.3) is 0 Å². The summed E-state index contributed by atoms with van der Waals surface area (Å²) in [7, 11) is 0. The van der Waals surface area contributed by atoms with E-state index >= 15 is 0 Å². The first-order valence-corrected chi connectivity index (χ1v) is 5.54. The number of carbonyl (C=O) groups is 1. The first-order chi connectivity index (χ1) is 6.40. The van der Waals surface area contributed by atoms with Gasteiger partial charge in [0, 0.05) is 13.0 Å². The molecule has 1 saturated heterocycles. The third-order valence-corrected chi connectivity index (χ3v) is 2.83. The van der Waals surface area contributed by atoms with Crippen LogP contribution in [-0.4, -0.2) is 18.5 Å². The molecule has 2 nitrogen and oxygen atoms in total. The van der Waals surface area contributed by atoms with E-state index in [9.17, 15) is 4.79 Å². The largest absolute Gasteiger partial charge is 0.370 e. The van der Waals surface area contributed by atoms with Crippen LogP contribution in [0.4, 0.5) is 0 Å². The average Bonchev–Trinajstić information content (AvgIpc) is 2.46. The summed E-state index contributed by atoms with van der Waals surface area (Å²) in [4.78, 5) is 11.8. The molecule has 1 aliphatic rings. The Morgan fingerprint density at radius 3 is 2.50 bits per heavy atom. The van der Waals surface area contributed by atoms with E-state index in [0.29, 0.717) is 18.1 Å². The third kappa shape index (κ3) is 3.41.